The molecule has 0 saturated carbocycles. The second-order valence-electron chi connectivity index (χ2n) is 7.57. The van der Waals surface area contributed by atoms with Gasteiger partial charge < -0.3 is 0 Å². The van der Waals surface area contributed by atoms with Gasteiger partial charge in [0.05, 0.1) is 5.56 Å². The van der Waals surface area contributed by atoms with Crippen LogP contribution in [-0.4, -0.2) is 0 Å². The van der Waals surface area contributed by atoms with Crippen molar-refractivity contribution in [1.29, 1.82) is 0 Å². The number of hydrogen-bond donors (Lipinski definition) is 0. The Kier molecular flexibility index (Phi) is 6.28. The molecule has 0 fully saturated rings. The summed E-state index contributed by atoms with van der Waals surface area (Å²) in [5.41, 5.74) is 0.844. The Bertz CT molecular complexity index is 1350. The molecule has 0 nitrogen and oxygen atoms in total. The van der Waals surface area contributed by atoms with Crippen molar-refractivity contribution in [3.8, 4) is 33.4 Å². The van der Waals surface area contributed by atoms with E-state index in [9.17, 15) is 30.7 Å². The number of hydrogen-bond acceptors (Lipinski definition) is 0. The fourth-order valence-corrected chi connectivity index (χ4v) is 3.58. The van der Waals surface area contributed by atoms with Crippen LogP contribution in [0.5, 0.6) is 0 Å². The summed E-state index contributed by atoms with van der Waals surface area (Å²) in [6.45, 7) is 0.982. The predicted octanol–water partition coefficient (Wildman–Crippen LogP) is 9.01. The molecule has 0 aliphatic carbocycles. The molecular weight excluding hydrogens is 457 g/mol. The van der Waals surface area contributed by atoms with Gasteiger partial charge in [-0.1, -0.05) is 48.5 Å². The van der Waals surface area contributed by atoms with E-state index in [2.05, 4.69) is 0 Å². The lowest BCUT2D eigenvalue weighted by molar-refractivity contribution is 0.448. The molecule has 0 atom stereocenters. The van der Waals surface area contributed by atoms with E-state index < -0.39 is 40.7 Å². The van der Waals surface area contributed by atoms with Crippen molar-refractivity contribution >= 4 is 5.83 Å². The summed E-state index contributed by atoms with van der Waals surface area (Å²) in [6.07, 6.45) is 0. The van der Waals surface area contributed by atoms with Gasteiger partial charge in [-0.05, 0) is 59.0 Å². The van der Waals surface area contributed by atoms with Gasteiger partial charge in [0.2, 0.25) is 0 Å². The Labute approximate surface area is 190 Å². The third kappa shape index (κ3) is 4.46. The first-order valence-corrected chi connectivity index (χ1v) is 10.0. The van der Waals surface area contributed by atoms with Gasteiger partial charge in [-0.25, -0.2) is 30.7 Å². The van der Waals surface area contributed by atoms with Gasteiger partial charge in [0, 0.05) is 5.56 Å². The molecule has 0 unspecified atom stereocenters. The van der Waals surface area contributed by atoms with Crippen LogP contribution < -0.4 is 0 Å². The summed E-state index contributed by atoms with van der Waals surface area (Å²) >= 11 is 0. The van der Waals surface area contributed by atoms with Crippen molar-refractivity contribution in [3.63, 3.8) is 0 Å². The van der Waals surface area contributed by atoms with Crippen LogP contribution in [0.1, 0.15) is 12.5 Å². The third-order valence-corrected chi connectivity index (χ3v) is 5.31. The van der Waals surface area contributed by atoms with Crippen LogP contribution in [0.25, 0.3) is 39.2 Å². The van der Waals surface area contributed by atoms with E-state index in [0.717, 1.165) is 31.2 Å². The smallest absolute Gasteiger partial charge is 0.194 e. The Morgan fingerprint density at radius 3 is 1.32 bits per heavy atom. The van der Waals surface area contributed by atoms with Crippen LogP contribution in [0.15, 0.2) is 78.6 Å². The molecule has 172 valence electrons. The van der Waals surface area contributed by atoms with Crippen LogP contribution in [0, 0.1) is 29.1 Å². The zero-order chi connectivity index (χ0) is 24.6. The molecule has 0 aliphatic heterocycles. The Balaban J connectivity index is 1.66. The molecule has 4 aromatic rings. The third-order valence-electron chi connectivity index (χ3n) is 5.31. The lowest BCUT2D eigenvalue weighted by Gasteiger charge is -2.11. The van der Waals surface area contributed by atoms with Gasteiger partial charge in [0.25, 0.3) is 0 Å². The second kappa shape index (κ2) is 9.17. The first-order chi connectivity index (χ1) is 16.2. The van der Waals surface area contributed by atoms with Crippen molar-refractivity contribution in [1.82, 2.24) is 0 Å². The summed E-state index contributed by atoms with van der Waals surface area (Å²) in [5, 5.41) is 0. The highest BCUT2D eigenvalue weighted by molar-refractivity contribution is 5.75. The topological polar surface area (TPSA) is 0 Å². The number of allylic oxidation sites excluding steroid dienone is 1. The summed E-state index contributed by atoms with van der Waals surface area (Å²) < 4.78 is 96.6. The minimum atomic E-state index is -1.58. The van der Waals surface area contributed by atoms with Crippen LogP contribution in [0.2, 0.25) is 0 Å². The van der Waals surface area contributed by atoms with E-state index in [1.807, 2.05) is 0 Å². The molecule has 4 aromatic carbocycles. The maximum atomic E-state index is 14.9. The molecule has 0 heterocycles. The molecule has 7 heteroatoms. The lowest BCUT2D eigenvalue weighted by Crippen LogP contribution is -1.94. The standard InChI is InChI=1S/C27H15F7/c1-14(28)26(33)18-8-4-16(5-9-18)19-10-21(29)25(22(30)11-19)17-6-2-15(3-7-17)20-12-23(31)27(34)24(32)13-20/h2-13H,1H3. The average molecular weight is 472 g/mol. The van der Waals surface area contributed by atoms with E-state index in [0.29, 0.717) is 11.1 Å². The van der Waals surface area contributed by atoms with Gasteiger partial charge in [0.1, 0.15) is 17.5 Å². The minimum Gasteiger partial charge on any atom is -0.209 e. The normalized spacial score (nSPS) is 12.0. The highest BCUT2D eigenvalue weighted by atomic mass is 19.2. The summed E-state index contributed by atoms with van der Waals surface area (Å²) in [6, 6.07) is 14.9. The molecule has 0 bridgehead atoms. The molecule has 4 rings (SSSR count). The molecule has 0 aromatic heterocycles. The Morgan fingerprint density at radius 2 is 0.882 bits per heavy atom. The van der Waals surface area contributed by atoms with Crippen molar-refractivity contribution < 1.29 is 30.7 Å². The Morgan fingerprint density at radius 1 is 0.500 bits per heavy atom. The maximum Gasteiger partial charge on any atom is 0.194 e. The first-order valence-electron chi connectivity index (χ1n) is 10.0. The number of rotatable bonds is 4. The van der Waals surface area contributed by atoms with Crippen LogP contribution in [0.3, 0.4) is 0 Å². The van der Waals surface area contributed by atoms with Gasteiger partial charge in [-0.3, -0.25) is 0 Å². The monoisotopic (exact) mass is 472 g/mol. The fraction of sp³-hybridized carbons (Fsp3) is 0.0370. The first kappa shape index (κ1) is 23.3. The zero-order valence-corrected chi connectivity index (χ0v) is 17.6. The second-order valence-corrected chi connectivity index (χ2v) is 7.57. The lowest BCUT2D eigenvalue weighted by atomic mass is 9.96. The van der Waals surface area contributed by atoms with Crippen molar-refractivity contribution in [2.24, 2.45) is 0 Å². The quantitative estimate of drug-likeness (QED) is 0.205. The van der Waals surface area contributed by atoms with Crippen molar-refractivity contribution in [3.05, 3.63) is 113 Å². The highest BCUT2D eigenvalue weighted by Gasteiger charge is 2.16. The molecule has 0 radical (unpaired) electrons. The average Bonchev–Trinajstić information content (AvgIpc) is 2.81. The largest absolute Gasteiger partial charge is 0.209 e. The summed E-state index contributed by atoms with van der Waals surface area (Å²) in [7, 11) is 0. The van der Waals surface area contributed by atoms with Gasteiger partial charge in [-0.2, -0.15) is 0 Å². The zero-order valence-electron chi connectivity index (χ0n) is 17.6. The van der Waals surface area contributed by atoms with E-state index in [-0.39, 0.29) is 27.8 Å². The van der Waals surface area contributed by atoms with Gasteiger partial charge in [0.15, 0.2) is 23.3 Å². The Hall–Kier alpha value is -3.87. The van der Waals surface area contributed by atoms with Crippen LogP contribution in [0.4, 0.5) is 30.7 Å². The molecule has 0 N–H and O–H groups in total. The number of halogens is 7. The summed E-state index contributed by atoms with van der Waals surface area (Å²) in [4.78, 5) is 0. The molecule has 0 spiro atoms. The predicted molar refractivity (Wildman–Crippen MR) is 117 cm³/mol. The molecule has 0 saturated heterocycles. The van der Waals surface area contributed by atoms with Crippen molar-refractivity contribution in [2.75, 3.05) is 0 Å². The SMILES string of the molecule is CC(F)=C(F)c1ccc(-c2cc(F)c(-c3ccc(-c4cc(F)c(F)c(F)c4)cc3)c(F)c2)cc1. The van der Waals surface area contributed by atoms with E-state index in [1.54, 1.807) is 0 Å². The van der Waals surface area contributed by atoms with Gasteiger partial charge >= 0.3 is 0 Å². The number of benzene rings is 4. The molecule has 34 heavy (non-hydrogen) atoms. The molecule has 0 aliphatic rings. The molecule has 0 amide bonds. The maximum absolute atomic E-state index is 14.9. The van der Waals surface area contributed by atoms with Crippen molar-refractivity contribution in [2.45, 2.75) is 6.92 Å². The highest BCUT2D eigenvalue weighted by Crippen LogP contribution is 2.33. The van der Waals surface area contributed by atoms with E-state index in [1.165, 1.54) is 48.5 Å². The molecular formula is C27H15F7. The van der Waals surface area contributed by atoms with Gasteiger partial charge in [-0.15, -0.1) is 0 Å². The van der Waals surface area contributed by atoms with E-state index >= 15 is 0 Å². The van der Waals surface area contributed by atoms with Crippen LogP contribution in [-0.2, 0) is 0 Å². The minimum absolute atomic E-state index is 0.00215. The summed E-state index contributed by atoms with van der Waals surface area (Å²) in [5.74, 6) is -8.01. The fourth-order valence-electron chi connectivity index (χ4n) is 3.58. The van der Waals surface area contributed by atoms with E-state index in [4.69, 9.17) is 0 Å². The van der Waals surface area contributed by atoms with Crippen LogP contribution >= 0.6 is 0 Å².